The first-order valence-electron chi connectivity index (χ1n) is 7.89. The van der Waals surface area contributed by atoms with Gasteiger partial charge in [-0.05, 0) is 12.5 Å². The lowest BCUT2D eigenvalue weighted by Crippen LogP contribution is -2.19. The maximum Gasteiger partial charge on any atom is 0.142 e. The molecule has 0 heterocycles. The fourth-order valence-corrected chi connectivity index (χ4v) is 2.38. The first-order chi connectivity index (χ1) is 10.3. The number of ether oxygens (including phenoxy) is 2. The number of hydrogen-bond donors (Lipinski definition) is 1. The molecule has 0 bridgehead atoms. The SMILES string of the molecule is CCCCCCCOc1c(Cl)cccc1CNCCOC. The molecular formula is C17H28ClNO2. The van der Waals surface area contributed by atoms with Crippen molar-refractivity contribution < 1.29 is 9.47 Å². The van der Waals surface area contributed by atoms with Crippen LogP contribution in [0.3, 0.4) is 0 Å². The topological polar surface area (TPSA) is 30.5 Å². The summed E-state index contributed by atoms with van der Waals surface area (Å²) in [6, 6.07) is 5.90. The van der Waals surface area contributed by atoms with Gasteiger partial charge in [-0.15, -0.1) is 0 Å². The number of benzene rings is 1. The zero-order valence-electron chi connectivity index (χ0n) is 13.3. The van der Waals surface area contributed by atoms with Gasteiger partial charge in [-0.1, -0.05) is 56.3 Å². The maximum absolute atomic E-state index is 6.25. The Morgan fingerprint density at radius 3 is 2.67 bits per heavy atom. The van der Waals surface area contributed by atoms with Gasteiger partial charge in [0.2, 0.25) is 0 Å². The molecule has 0 spiro atoms. The number of hydrogen-bond acceptors (Lipinski definition) is 3. The van der Waals surface area contributed by atoms with Crippen LogP contribution < -0.4 is 10.1 Å². The zero-order valence-corrected chi connectivity index (χ0v) is 14.0. The Labute approximate surface area is 134 Å². The Morgan fingerprint density at radius 1 is 1.10 bits per heavy atom. The van der Waals surface area contributed by atoms with Gasteiger partial charge in [0.15, 0.2) is 0 Å². The molecular weight excluding hydrogens is 286 g/mol. The molecule has 0 atom stereocenters. The van der Waals surface area contributed by atoms with Crippen LogP contribution in [0.25, 0.3) is 0 Å². The Morgan fingerprint density at radius 2 is 1.90 bits per heavy atom. The smallest absolute Gasteiger partial charge is 0.142 e. The van der Waals surface area contributed by atoms with Crippen LogP contribution in [0, 0.1) is 0 Å². The molecule has 1 aromatic rings. The van der Waals surface area contributed by atoms with Crippen molar-refractivity contribution in [1.82, 2.24) is 5.32 Å². The molecule has 0 fully saturated rings. The average molecular weight is 314 g/mol. The summed E-state index contributed by atoms with van der Waals surface area (Å²) in [7, 11) is 1.70. The fourth-order valence-electron chi connectivity index (χ4n) is 2.13. The predicted octanol–water partition coefficient (Wildman–Crippen LogP) is 4.43. The van der Waals surface area contributed by atoms with E-state index >= 15 is 0 Å². The predicted molar refractivity (Wildman–Crippen MR) is 89.3 cm³/mol. The van der Waals surface area contributed by atoms with Crippen LogP contribution in [0.4, 0.5) is 0 Å². The number of nitrogens with one attached hydrogen (secondary N) is 1. The molecule has 0 aromatic heterocycles. The van der Waals surface area contributed by atoms with Gasteiger partial charge in [0.1, 0.15) is 5.75 Å². The standard InChI is InChI=1S/C17H28ClNO2/c1-3-4-5-6-7-12-21-17-15(9-8-10-16(17)18)14-19-11-13-20-2/h8-10,19H,3-7,11-14H2,1-2H3. The van der Waals surface area contributed by atoms with Crippen LogP contribution in [0.2, 0.25) is 5.02 Å². The van der Waals surface area contributed by atoms with E-state index in [9.17, 15) is 0 Å². The molecule has 0 unspecified atom stereocenters. The molecule has 1 aromatic carbocycles. The summed E-state index contributed by atoms with van der Waals surface area (Å²) in [5.41, 5.74) is 1.10. The van der Waals surface area contributed by atoms with Gasteiger partial charge in [-0.2, -0.15) is 0 Å². The summed E-state index contributed by atoms with van der Waals surface area (Å²) >= 11 is 6.25. The van der Waals surface area contributed by atoms with Crippen molar-refractivity contribution in [2.24, 2.45) is 0 Å². The minimum atomic E-state index is 0.689. The van der Waals surface area contributed by atoms with Gasteiger partial charge in [0.25, 0.3) is 0 Å². The molecule has 0 aliphatic rings. The van der Waals surface area contributed by atoms with E-state index in [4.69, 9.17) is 21.1 Å². The second kappa shape index (κ2) is 11.8. The van der Waals surface area contributed by atoms with Crippen LogP contribution in [-0.4, -0.2) is 26.9 Å². The summed E-state index contributed by atoms with van der Waals surface area (Å²) < 4.78 is 10.9. The largest absolute Gasteiger partial charge is 0.492 e. The second-order valence-electron chi connectivity index (χ2n) is 5.16. The number of methoxy groups -OCH3 is 1. The molecule has 0 aliphatic heterocycles. The molecule has 0 amide bonds. The molecule has 0 saturated heterocycles. The first-order valence-corrected chi connectivity index (χ1v) is 8.27. The monoisotopic (exact) mass is 313 g/mol. The Kier molecular flexibility index (Phi) is 10.3. The molecule has 1 N–H and O–H groups in total. The highest BCUT2D eigenvalue weighted by Crippen LogP contribution is 2.28. The minimum Gasteiger partial charge on any atom is -0.492 e. The lowest BCUT2D eigenvalue weighted by Gasteiger charge is -2.14. The van der Waals surface area contributed by atoms with Gasteiger partial charge in [0, 0.05) is 25.8 Å². The van der Waals surface area contributed by atoms with Crippen LogP contribution in [0.1, 0.15) is 44.6 Å². The molecule has 0 aliphatic carbocycles. The second-order valence-corrected chi connectivity index (χ2v) is 5.57. The van der Waals surface area contributed by atoms with Crippen LogP contribution in [0.5, 0.6) is 5.75 Å². The first kappa shape index (κ1) is 18.3. The molecule has 21 heavy (non-hydrogen) atoms. The minimum absolute atomic E-state index is 0.689. The van der Waals surface area contributed by atoms with E-state index in [1.54, 1.807) is 7.11 Å². The van der Waals surface area contributed by atoms with E-state index in [0.717, 1.165) is 37.4 Å². The average Bonchev–Trinajstić information content (AvgIpc) is 2.49. The van der Waals surface area contributed by atoms with Gasteiger partial charge in [-0.25, -0.2) is 0 Å². The van der Waals surface area contributed by atoms with E-state index in [0.29, 0.717) is 11.6 Å². The number of unbranched alkanes of at least 4 members (excludes halogenated alkanes) is 4. The lowest BCUT2D eigenvalue weighted by molar-refractivity contribution is 0.199. The third-order valence-electron chi connectivity index (χ3n) is 3.34. The van der Waals surface area contributed by atoms with E-state index in [1.807, 2.05) is 12.1 Å². The zero-order chi connectivity index (χ0) is 15.3. The van der Waals surface area contributed by atoms with Gasteiger partial charge in [-0.3, -0.25) is 0 Å². The highest BCUT2D eigenvalue weighted by molar-refractivity contribution is 6.32. The van der Waals surface area contributed by atoms with E-state index < -0.39 is 0 Å². The van der Waals surface area contributed by atoms with Crippen LogP contribution >= 0.6 is 11.6 Å². The number of rotatable bonds is 12. The normalized spacial score (nSPS) is 10.8. The van der Waals surface area contributed by atoms with Crippen molar-refractivity contribution >= 4 is 11.6 Å². The van der Waals surface area contributed by atoms with Crippen molar-refractivity contribution in [1.29, 1.82) is 0 Å². The third kappa shape index (κ3) is 7.70. The lowest BCUT2D eigenvalue weighted by atomic mass is 10.1. The molecule has 0 radical (unpaired) electrons. The Balaban J connectivity index is 2.39. The molecule has 0 saturated carbocycles. The van der Waals surface area contributed by atoms with Gasteiger partial charge >= 0.3 is 0 Å². The molecule has 3 nitrogen and oxygen atoms in total. The fraction of sp³-hybridized carbons (Fsp3) is 0.647. The Hall–Kier alpha value is -0.770. The van der Waals surface area contributed by atoms with E-state index in [2.05, 4.69) is 18.3 Å². The molecule has 4 heteroatoms. The highest BCUT2D eigenvalue weighted by atomic mass is 35.5. The van der Waals surface area contributed by atoms with Crippen molar-refractivity contribution in [2.75, 3.05) is 26.9 Å². The highest BCUT2D eigenvalue weighted by Gasteiger charge is 2.08. The van der Waals surface area contributed by atoms with E-state index in [-0.39, 0.29) is 0 Å². The number of halogens is 1. The summed E-state index contributed by atoms with van der Waals surface area (Å²) in [4.78, 5) is 0. The molecule has 1 rings (SSSR count). The van der Waals surface area contributed by atoms with E-state index in [1.165, 1.54) is 25.7 Å². The van der Waals surface area contributed by atoms with Crippen LogP contribution in [-0.2, 0) is 11.3 Å². The summed E-state index contributed by atoms with van der Waals surface area (Å²) in [6.45, 7) is 5.23. The van der Waals surface area contributed by atoms with Crippen LogP contribution in [0.15, 0.2) is 18.2 Å². The third-order valence-corrected chi connectivity index (χ3v) is 3.64. The van der Waals surface area contributed by atoms with Crippen molar-refractivity contribution in [2.45, 2.75) is 45.6 Å². The number of para-hydroxylation sites is 1. The van der Waals surface area contributed by atoms with Gasteiger partial charge < -0.3 is 14.8 Å². The summed E-state index contributed by atoms with van der Waals surface area (Å²) in [5, 5.41) is 4.01. The molecule has 120 valence electrons. The summed E-state index contributed by atoms with van der Waals surface area (Å²) in [6.07, 6.45) is 6.17. The summed E-state index contributed by atoms with van der Waals surface area (Å²) in [5.74, 6) is 0.819. The Bertz CT molecular complexity index is 385. The maximum atomic E-state index is 6.25. The van der Waals surface area contributed by atoms with Crippen molar-refractivity contribution in [3.63, 3.8) is 0 Å². The van der Waals surface area contributed by atoms with Crippen molar-refractivity contribution in [3.8, 4) is 5.75 Å². The quantitative estimate of drug-likeness (QED) is 0.579. The van der Waals surface area contributed by atoms with Crippen molar-refractivity contribution in [3.05, 3.63) is 28.8 Å². The van der Waals surface area contributed by atoms with Gasteiger partial charge in [0.05, 0.1) is 18.2 Å².